The summed E-state index contributed by atoms with van der Waals surface area (Å²) in [6.45, 7) is 20.4. The van der Waals surface area contributed by atoms with E-state index in [1.54, 1.807) is 0 Å². The van der Waals surface area contributed by atoms with Gasteiger partial charge in [-0.1, -0.05) is 172 Å². The van der Waals surface area contributed by atoms with Crippen LogP contribution in [0.25, 0.3) is 22.1 Å². The Hall–Kier alpha value is -7.24. The molecule has 0 amide bonds. The van der Waals surface area contributed by atoms with Crippen LogP contribution in [0, 0.1) is 0 Å². The van der Waals surface area contributed by atoms with Crippen molar-refractivity contribution in [3.63, 3.8) is 0 Å². The van der Waals surface area contributed by atoms with Gasteiger partial charge in [0.05, 0.1) is 0 Å². The van der Waals surface area contributed by atoms with E-state index < -0.39 is 0 Å². The molecule has 2 aliphatic rings. The largest absolute Gasteiger partial charge is 0.440 e. The second-order valence-electron chi connectivity index (χ2n) is 21.5. The van der Waals surface area contributed by atoms with Crippen LogP contribution in [0.3, 0.4) is 0 Å². The highest BCUT2D eigenvalue weighted by molar-refractivity contribution is 7.01. The van der Waals surface area contributed by atoms with E-state index in [-0.39, 0.29) is 23.0 Å². The SMILES string of the molecule is CC(C)(C)c1ccc(-c2cccc(N3c4cccc5c4B(c4ccc(N(c6ccc(C(C)(C)C)cc6)c6ccc(C(C)(C)C)cc6)cc4N5c4ccccc4)c4c3oc3ccccc43)c2)cc1. The molecule has 0 radical (unpaired) electrons. The normalized spacial score (nSPS) is 13.4. The van der Waals surface area contributed by atoms with Crippen LogP contribution in [0.2, 0.25) is 0 Å². The van der Waals surface area contributed by atoms with Gasteiger partial charge in [0.25, 0.3) is 6.71 Å². The lowest BCUT2D eigenvalue weighted by atomic mass is 9.33. The van der Waals surface area contributed by atoms with Gasteiger partial charge in [0.1, 0.15) is 5.58 Å². The lowest BCUT2D eigenvalue weighted by Crippen LogP contribution is -2.61. The van der Waals surface area contributed by atoms with Gasteiger partial charge in [-0.3, -0.25) is 4.90 Å². The molecular weight excluding hydrogens is 814 g/mol. The van der Waals surface area contributed by atoms with Crippen LogP contribution in [0.5, 0.6) is 0 Å². The lowest BCUT2D eigenvalue weighted by molar-refractivity contribution is 0.590. The fraction of sp³-hybridized carbons (Fsp3) is 0.194. The monoisotopic (exact) mass is 871 g/mol. The zero-order valence-electron chi connectivity index (χ0n) is 40.2. The molecule has 67 heavy (non-hydrogen) atoms. The van der Waals surface area contributed by atoms with Crippen molar-refractivity contribution >= 4 is 85.5 Å². The van der Waals surface area contributed by atoms with Crippen LogP contribution in [-0.4, -0.2) is 6.71 Å². The van der Waals surface area contributed by atoms with Crippen molar-refractivity contribution < 1.29 is 4.42 Å². The highest BCUT2D eigenvalue weighted by Crippen LogP contribution is 2.48. The van der Waals surface area contributed by atoms with Crippen LogP contribution in [0.15, 0.2) is 192 Å². The molecule has 0 atom stereocenters. The van der Waals surface area contributed by atoms with E-state index in [1.165, 1.54) is 38.6 Å². The van der Waals surface area contributed by atoms with Crippen molar-refractivity contribution in [1.82, 2.24) is 0 Å². The number of benzene rings is 8. The highest BCUT2D eigenvalue weighted by atomic mass is 16.4. The number of anilines is 9. The summed E-state index contributed by atoms with van der Waals surface area (Å²) in [5.41, 5.74) is 19.9. The third-order valence-electron chi connectivity index (χ3n) is 13.9. The minimum Gasteiger partial charge on any atom is -0.440 e. The Labute approximate surface area is 397 Å². The zero-order chi connectivity index (χ0) is 46.4. The average Bonchev–Trinajstić information content (AvgIpc) is 3.70. The lowest BCUT2D eigenvalue weighted by Gasteiger charge is -2.42. The van der Waals surface area contributed by atoms with E-state index in [4.69, 9.17) is 4.42 Å². The maximum Gasteiger partial charge on any atom is 0.257 e. The predicted molar refractivity (Wildman–Crippen MR) is 286 cm³/mol. The summed E-state index contributed by atoms with van der Waals surface area (Å²) in [4.78, 5) is 7.26. The Balaban J connectivity index is 1.12. The number of fused-ring (bicyclic) bond motifs is 6. The number of hydrogen-bond acceptors (Lipinski definition) is 4. The smallest absolute Gasteiger partial charge is 0.257 e. The molecule has 0 unspecified atom stereocenters. The molecule has 0 bridgehead atoms. The van der Waals surface area contributed by atoms with Gasteiger partial charge in [-0.15, -0.1) is 0 Å². The molecule has 11 rings (SSSR count). The zero-order valence-corrected chi connectivity index (χ0v) is 40.2. The molecule has 0 aliphatic carbocycles. The van der Waals surface area contributed by atoms with E-state index in [9.17, 15) is 0 Å². The molecule has 0 spiro atoms. The van der Waals surface area contributed by atoms with Gasteiger partial charge >= 0.3 is 0 Å². The summed E-state index contributed by atoms with van der Waals surface area (Å²) >= 11 is 0. The van der Waals surface area contributed by atoms with Gasteiger partial charge < -0.3 is 14.2 Å². The van der Waals surface area contributed by atoms with Crippen molar-refractivity contribution in [3.8, 4) is 11.1 Å². The summed E-state index contributed by atoms with van der Waals surface area (Å²) in [7, 11) is 0. The maximum absolute atomic E-state index is 7.08. The molecule has 5 heteroatoms. The number of para-hydroxylation sites is 2. The fourth-order valence-electron chi connectivity index (χ4n) is 10.3. The van der Waals surface area contributed by atoms with Gasteiger partial charge in [-0.25, -0.2) is 0 Å². The van der Waals surface area contributed by atoms with Gasteiger partial charge in [-0.2, -0.15) is 0 Å². The van der Waals surface area contributed by atoms with Crippen LogP contribution < -0.4 is 31.1 Å². The van der Waals surface area contributed by atoms with Crippen LogP contribution in [0.1, 0.15) is 79.0 Å². The Bertz CT molecular complexity index is 3240. The molecule has 0 N–H and O–H groups in total. The number of rotatable bonds is 6. The Morgan fingerprint density at radius 1 is 0.403 bits per heavy atom. The number of furan rings is 1. The summed E-state index contributed by atoms with van der Waals surface area (Å²) < 4.78 is 7.08. The molecular formula is C62H58BN3O. The van der Waals surface area contributed by atoms with E-state index >= 15 is 0 Å². The van der Waals surface area contributed by atoms with Gasteiger partial charge in [0.2, 0.25) is 5.88 Å². The first-order valence-electron chi connectivity index (χ1n) is 23.8. The first-order chi connectivity index (χ1) is 32.1. The molecule has 8 aromatic carbocycles. The molecule has 3 heterocycles. The third kappa shape index (κ3) is 7.33. The standard InChI is InChI=1S/C62H58BN3O/c1-60(2,3)43-27-25-41(26-28-43)42-17-15-20-49(39-42)66-54-23-16-22-53-58(54)63(57-51-21-13-14-24-56(51)67-59(57)66)52-38-37-50(40-55(52)65(53)46-18-11-10-12-19-46)64(47-33-29-44(30-34-47)61(4,5)6)48-35-31-45(32-36-48)62(7,8)9/h10-40H,1-9H3. The number of hydrogen-bond donors (Lipinski definition) is 0. The second-order valence-corrected chi connectivity index (χ2v) is 21.5. The molecule has 2 aliphatic heterocycles. The van der Waals surface area contributed by atoms with E-state index in [0.717, 1.165) is 67.9 Å². The molecule has 330 valence electrons. The summed E-state index contributed by atoms with van der Waals surface area (Å²) in [6.07, 6.45) is 0. The Kier molecular flexibility index (Phi) is 9.94. The van der Waals surface area contributed by atoms with E-state index in [2.05, 4.69) is 265 Å². The minimum absolute atomic E-state index is 0.0405. The van der Waals surface area contributed by atoms with Crippen molar-refractivity contribution in [2.75, 3.05) is 14.7 Å². The highest BCUT2D eigenvalue weighted by Gasteiger charge is 2.46. The van der Waals surface area contributed by atoms with E-state index in [1.807, 2.05) is 0 Å². The fourth-order valence-corrected chi connectivity index (χ4v) is 10.3. The third-order valence-corrected chi connectivity index (χ3v) is 13.9. The first-order valence-corrected chi connectivity index (χ1v) is 23.8. The summed E-state index contributed by atoms with van der Waals surface area (Å²) in [5, 5.41) is 1.13. The Morgan fingerprint density at radius 3 is 1.54 bits per heavy atom. The van der Waals surface area contributed by atoms with Crippen LogP contribution in [-0.2, 0) is 16.2 Å². The molecule has 9 aromatic rings. The second kappa shape index (κ2) is 15.7. The summed E-state index contributed by atoms with van der Waals surface area (Å²) in [6, 6.07) is 69.6. The van der Waals surface area contributed by atoms with Gasteiger partial charge in [-0.05, 0) is 134 Å². The predicted octanol–water partition coefficient (Wildman–Crippen LogP) is 15.5. The number of nitrogens with zero attached hydrogens (tertiary/aromatic N) is 3. The van der Waals surface area contributed by atoms with Crippen molar-refractivity contribution in [1.29, 1.82) is 0 Å². The molecule has 0 saturated carbocycles. The van der Waals surface area contributed by atoms with Crippen LogP contribution in [0.4, 0.5) is 51.4 Å². The van der Waals surface area contributed by atoms with Crippen molar-refractivity contribution in [2.24, 2.45) is 0 Å². The van der Waals surface area contributed by atoms with Gasteiger partial charge in [0, 0.05) is 56.3 Å². The van der Waals surface area contributed by atoms with Gasteiger partial charge in [0.15, 0.2) is 0 Å². The van der Waals surface area contributed by atoms with E-state index in [0.29, 0.717) is 0 Å². The minimum atomic E-state index is -0.0937. The average molecular weight is 872 g/mol. The quantitative estimate of drug-likeness (QED) is 0.155. The summed E-state index contributed by atoms with van der Waals surface area (Å²) in [5.74, 6) is 0.860. The van der Waals surface area contributed by atoms with Crippen molar-refractivity contribution in [3.05, 3.63) is 205 Å². The van der Waals surface area contributed by atoms with Crippen molar-refractivity contribution in [2.45, 2.75) is 78.6 Å². The first kappa shape index (κ1) is 42.4. The maximum atomic E-state index is 7.08. The molecule has 4 nitrogen and oxygen atoms in total. The molecule has 0 fully saturated rings. The molecule has 1 aromatic heterocycles. The molecule has 0 saturated heterocycles. The Morgan fingerprint density at radius 2 is 0.925 bits per heavy atom. The van der Waals surface area contributed by atoms with Crippen LogP contribution >= 0.6 is 0 Å². The topological polar surface area (TPSA) is 22.9 Å².